The van der Waals surface area contributed by atoms with Crippen molar-refractivity contribution in [3.63, 3.8) is 0 Å². The quantitative estimate of drug-likeness (QED) is 0.888. The number of nitrogens with one attached hydrogen (secondary N) is 2. The van der Waals surface area contributed by atoms with E-state index < -0.39 is 11.7 Å². The third-order valence-electron chi connectivity index (χ3n) is 3.07. The summed E-state index contributed by atoms with van der Waals surface area (Å²) in [5.41, 5.74) is -0.581. The molecule has 1 saturated heterocycles. The minimum absolute atomic E-state index is 0.130. The highest BCUT2D eigenvalue weighted by molar-refractivity contribution is 5.91. The summed E-state index contributed by atoms with van der Waals surface area (Å²) >= 11 is 0. The van der Waals surface area contributed by atoms with Gasteiger partial charge in [0, 0.05) is 18.2 Å². The van der Waals surface area contributed by atoms with Crippen molar-refractivity contribution in [1.29, 1.82) is 0 Å². The Morgan fingerprint density at radius 3 is 2.84 bits per heavy atom. The van der Waals surface area contributed by atoms with Crippen LogP contribution in [0.3, 0.4) is 0 Å². The molecule has 0 aromatic heterocycles. The maximum atomic E-state index is 12.5. The average molecular weight is 272 g/mol. The number of anilines is 1. The van der Waals surface area contributed by atoms with Gasteiger partial charge in [0.25, 0.3) is 0 Å². The highest BCUT2D eigenvalue weighted by Gasteiger charge is 2.30. The van der Waals surface area contributed by atoms with Crippen LogP contribution in [0.25, 0.3) is 0 Å². The van der Waals surface area contributed by atoms with Crippen molar-refractivity contribution in [1.82, 2.24) is 5.32 Å². The van der Waals surface area contributed by atoms with Gasteiger partial charge in [-0.25, -0.2) is 0 Å². The molecule has 3 nitrogen and oxygen atoms in total. The Hall–Kier alpha value is -1.56. The molecule has 0 radical (unpaired) electrons. The lowest BCUT2D eigenvalue weighted by molar-refractivity contribution is -0.137. The highest BCUT2D eigenvalue weighted by atomic mass is 19.4. The summed E-state index contributed by atoms with van der Waals surface area (Å²) in [7, 11) is 0. The second kappa shape index (κ2) is 5.61. The molecular formula is C13H15F3N2O. The van der Waals surface area contributed by atoms with E-state index in [0.717, 1.165) is 31.5 Å². The van der Waals surface area contributed by atoms with Crippen LogP contribution in [0.5, 0.6) is 0 Å². The average Bonchev–Trinajstić information content (AvgIpc) is 2.80. The van der Waals surface area contributed by atoms with Gasteiger partial charge in [0.2, 0.25) is 5.91 Å². The summed E-state index contributed by atoms with van der Waals surface area (Å²) in [4.78, 5) is 11.7. The summed E-state index contributed by atoms with van der Waals surface area (Å²) in [6.07, 6.45) is -2.15. The molecule has 1 aromatic carbocycles. The van der Waals surface area contributed by atoms with E-state index in [9.17, 15) is 18.0 Å². The Kier molecular flexibility index (Phi) is 4.09. The maximum absolute atomic E-state index is 12.5. The molecule has 0 aliphatic carbocycles. The van der Waals surface area contributed by atoms with Crippen LogP contribution in [0, 0.1) is 0 Å². The van der Waals surface area contributed by atoms with E-state index in [1.54, 1.807) is 0 Å². The van der Waals surface area contributed by atoms with Crippen molar-refractivity contribution in [3.05, 3.63) is 29.8 Å². The van der Waals surface area contributed by atoms with Gasteiger partial charge >= 0.3 is 6.18 Å². The zero-order valence-electron chi connectivity index (χ0n) is 10.3. The molecule has 1 unspecified atom stereocenters. The van der Waals surface area contributed by atoms with E-state index in [1.807, 2.05) is 0 Å². The number of rotatable bonds is 3. The van der Waals surface area contributed by atoms with Crippen LogP contribution in [0.4, 0.5) is 18.9 Å². The van der Waals surface area contributed by atoms with Gasteiger partial charge in [-0.3, -0.25) is 4.79 Å². The van der Waals surface area contributed by atoms with Crippen molar-refractivity contribution in [2.45, 2.75) is 31.5 Å². The first kappa shape index (κ1) is 13.9. The highest BCUT2D eigenvalue weighted by Crippen LogP contribution is 2.30. The third-order valence-corrected chi connectivity index (χ3v) is 3.07. The summed E-state index contributed by atoms with van der Waals surface area (Å²) in [5, 5.41) is 5.67. The number of carbonyl (C=O) groups is 1. The molecule has 1 aliphatic heterocycles. The Morgan fingerprint density at radius 2 is 2.21 bits per heavy atom. The van der Waals surface area contributed by atoms with E-state index >= 15 is 0 Å². The predicted octanol–water partition coefficient (Wildman–Crippen LogP) is 2.79. The van der Waals surface area contributed by atoms with Gasteiger partial charge in [0.15, 0.2) is 0 Å². The van der Waals surface area contributed by atoms with Gasteiger partial charge in [0.1, 0.15) is 0 Å². The number of halogens is 3. The van der Waals surface area contributed by atoms with Crippen LogP contribution < -0.4 is 10.6 Å². The van der Waals surface area contributed by atoms with Crippen LogP contribution in [0.15, 0.2) is 24.3 Å². The molecular weight excluding hydrogens is 257 g/mol. The topological polar surface area (TPSA) is 41.1 Å². The normalized spacial score (nSPS) is 19.4. The Labute approximate surface area is 109 Å². The molecule has 1 fully saturated rings. The van der Waals surface area contributed by atoms with Gasteiger partial charge in [-0.05, 0) is 37.6 Å². The van der Waals surface area contributed by atoms with E-state index in [4.69, 9.17) is 0 Å². The second-order valence-corrected chi connectivity index (χ2v) is 4.62. The van der Waals surface area contributed by atoms with Gasteiger partial charge in [0.05, 0.1) is 5.56 Å². The molecule has 104 valence electrons. The number of hydrogen-bond donors (Lipinski definition) is 2. The third kappa shape index (κ3) is 3.96. The molecule has 1 amide bonds. The molecule has 1 aliphatic rings. The van der Waals surface area contributed by atoms with Gasteiger partial charge in [-0.2, -0.15) is 13.2 Å². The first-order valence-electron chi connectivity index (χ1n) is 6.15. The van der Waals surface area contributed by atoms with E-state index in [-0.39, 0.29) is 24.1 Å². The van der Waals surface area contributed by atoms with Gasteiger partial charge in [-0.15, -0.1) is 0 Å². The molecule has 2 N–H and O–H groups in total. The molecule has 1 atom stereocenters. The fourth-order valence-corrected chi connectivity index (χ4v) is 2.14. The van der Waals surface area contributed by atoms with Crippen LogP contribution in [-0.2, 0) is 11.0 Å². The van der Waals surface area contributed by atoms with Crippen LogP contribution in [0.2, 0.25) is 0 Å². The zero-order chi connectivity index (χ0) is 13.9. The SMILES string of the molecule is O=C(CC1CCCN1)Nc1cccc(C(F)(F)F)c1. The van der Waals surface area contributed by atoms with Crippen LogP contribution >= 0.6 is 0 Å². The largest absolute Gasteiger partial charge is 0.416 e. The lowest BCUT2D eigenvalue weighted by Crippen LogP contribution is -2.27. The summed E-state index contributed by atoms with van der Waals surface area (Å²) < 4.78 is 37.5. The maximum Gasteiger partial charge on any atom is 0.416 e. The first-order chi connectivity index (χ1) is 8.95. The van der Waals surface area contributed by atoms with E-state index in [2.05, 4.69) is 10.6 Å². The first-order valence-corrected chi connectivity index (χ1v) is 6.15. The number of alkyl halides is 3. The molecule has 1 heterocycles. The fourth-order valence-electron chi connectivity index (χ4n) is 2.14. The Bertz CT molecular complexity index is 453. The zero-order valence-corrected chi connectivity index (χ0v) is 10.3. The lowest BCUT2D eigenvalue weighted by atomic mass is 10.1. The standard InChI is InChI=1S/C13H15F3N2O/c14-13(15,16)9-3-1-4-11(7-9)18-12(19)8-10-5-2-6-17-10/h1,3-4,7,10,17H,2,5-6,8H2,(H,18,19). The molecule has 19 heavy (non-hydrogen) atoms. The Morgan fingerprint density at radius 1 is 1.42 bits per heavy atom. The summed E-state index contributed by atoms with van der Waals surface area (Å²) in [6.45, 7) is 0.890. The number of carbonyl (C=O) groups excluding carboxylic acids is 1. The molecule has 0 saturated carbocycles. The number of amides is 1. The van der Waals surface area contributed by atoms with Crippen molar-refractivity contribution in [2.75, 3.05) is 11.9 Å². The smallest absolute Gasteiger partial charge is 0.326 e. The van der Waals surface area contributed by atoms with Crippen molar-refractivity contribution >= 4 is 11.6 Å². The molecule has 0 bridgehead atoms. The van der Waals surface area contributed by atoms with Crippen molar-refractivity contribution in [3.8, 4) is 0 Å². The summed E-state index contributed by atoms with van der Waals surface area (Å²) in [6, 6.07) is 4.79. The second-order valence-electron chi connectivity index (χ2n) is 4.62. The minimum Gasteiger partial charge on any atom is -0.326 e. The molecule has 2 rings (SSSR count). The van der Waals surface area contributed by atoms with Crippen LogP contribution in [0.1, 0.15) is 24.8 Å². The predicted molar refractivity (Wildman–Crippen MR) is 65.7 cm³/mol. The van der Waals surface area contributed by atoms with Crippen LogP contribution in [-0.4, -0.2) is 18.5 Å². The number of benzene rings is 1. The summed E-state index contributed by atoms with van der Waals surface area (Å²) in [5.74, 6) is -0.265. The lowest BCUT2D eigenvalue weighted by Gasteiger charge is -2.12. The van der Waals surface area contributed by atoms with E-state index in [0.29, 0.717) is 0 Å². The monoisotopic (exact) mass is 272 g/mol. The van der Waals surface area contributed by atoms with Crippen molar-refractivity contribution < 1.29 is 18.0 Å². The molecule has 6 heteroatoms. The fraction of sp³-hybridized carbons (Fsp3) is 0.462. The Balaban J connectivity index is 1.96. The van der Waals surface area contributed by atoms with Gasteiger partial charge in [-0.1, -0.05) is 6.07 Å². The van der Waals surface area contributed by atoms with Crippen molar-refractivity contribution in [2.24, 2.45) is 0 Å². The number of hydrogen-bond acceptors (Lipinski definition) is 2. The van der Waals surface area contributed by atoms with E-state index in [1.165, 1.54) is 12.1 Å². The molecule has 1 aromatic rings. The van der Waals surface area contributed by atoms with Gasteiger partial charge < -0.3 is 10.6 Å². The minimum atomic E-state index is -4.40. The molecule has 0 spiro atoms.